The minimum Gasteiger partial charge on any atom is -0.399 e. The highest BCUT2D eigenvalue weighted by Gasteiger charge is 2.27. The third kappa shape index (κ3) is 4.16. The quantitative estimate of drug-likeness (QED) is 0.611. The van der Waals surface area contributed by atoms with Crippen molar-refractivity contribution in [2.75, 3.05) is 18.0 Å². The van der Waals surface area contributed by atoms with Crippen molar-refractivity contribution in [3.63, 3.8) is 0 Å². The first-order valence-corrected chi connectivity index (χ1v) is 7.67. The summed E-state index contributed by atoms with van der Waals surface area (Å²) in [5.74, 6) is -4.41. The molecule has 0 fully saturated rings. The number of sulfone groups is 1. The van der Waals surface area contributed by atoms with Crippen LogP contribution in [0.15, 0.2) is 17.0 Å². The second-order valence-electron chi connectivity index (χ2n) is 4.28. The van der Waals surface area contributed by atoms with Crippen molar-refractivity contribution in [2.45, 2.75) is 24.7 Å². The molecule has 1 rings (SSSR count). The molecule has 1 aromatic carbocycles. The molecule has 3 N–H and O–H groups in total. The Balaban J connectivity index is 2.92. The average molecular weight is 306 g/mol. The van der Waals surface area contributed by atoms with Crippen LogP contribution >= 0.6 is 0 Å². The molecule has 8 heteroatoms. The first kappa shape index (κ1) is 16.4. The zero-order valence-electron chi connectivity index (χ0n) is 10.9. The molecule has 20 heavy (non-hydrogen) atoms. The van der Waals surface area contributed by atoms with Crippen LogP contribution in [0.2, 0.25) is 0 Å². The van der Waals surface area contributed by atoms with Crippen LogP contribution in [0, 0.1) is 11.6 Å². The van der Waals surface area contributed by atoms with E-state index < -0.39 is 38.0 Å². The van der Waals surface area contributed by atoms with Gasteiger partial charge in [0.2, 0.25) is 5.91 Å². The van der Waals surface area contributed by atoms with Gasteiger partial charge in [-0.25, -0.2) is 17.2 Å². The van der Waals surface area contributed by atoms with Gasteiger partial charge in [0, 0.05) is 12.2 Å². The highest BCUT2D eigenvalue weighted by Crippen LogP contribution is 2.22. The normalized spacial score (nSPS) is 11.3. The average Bonchev–Trinajstić information content (AvgIpc) is 2.26. The van der Waals surface area contributed by atoms with Crippen molar-refractivity contribution in [1.29, 1.82) is 0 Å². The van der Waals surface area contributed by atoms with Crippen molar-refractivity contribution in [2.24, 2.45) is 0 Å². The molecule has 0 spiro atoms. The number of nitrogen functional groups attached to an aromatic ring is 1. The summed E-state index contributed by atoms with van der Waals surface area (Å²) in [6.07, 6.45) is 1.52. The first-order chi connectivity index (χ1) is 9.27. The maximum Gasteiger partial charge on any atom is 0.235 e. The summed E-state index contributed by atoms with van der Waals surface area (Å²) >= 11 is 0. The molecule has 0 unspecified atom stereocenters. The Kier molecular flexibility index (Phi) is 5.43. The fraction of sp³-hybridized carbons (Fsp3) is 0.417. The zero-order valence-corrected chi connectivity index (χ0v) is 11.8. The molecule has 0 radical (unpaired) electrons. The van der Waals surface area contributed by atoms with Crippen LogP contribution in [0.25, 0.3) is 0 Å². The predicted molar refractivity (Wildman–Crippen MR) is 70.7 cm³/mol. The molecular formula is C12H16F2N2O3S. The van der Waals surface area contributed by atoms with Crippen molar-refractivity contribution in [3.05, 3.63) is 23.8 Å². The SMILES string of the molecule is CCCCNC(=O)CS(=O)(=O)c1c(F)cc(N)cc1F. The van der Waals surface area contributed by atoms with Crippen LogP contribution in [0.5, 0.6) is 0 Å². The van der Waals surface area contributed by atoms with Crippen LogP contribution < -0.4 is 11.1 Å². The molecule has 0 saturated heterocycles. The Morgan fingerprint density at radius 2 is 1.85 bits per heavy atom. The number of anilines is 1. The Bertz CT molecular complexity index is 580. The van der Waals surface area contributed by atoms with Crippen molar-refractivity contribution in [3.8, 4) is 0 Å². The third-order valence-corrected chi connectivity index (χ3v) is 4.16. The smallest absolute Gasteiger partial charge is 0.235 e. The monoisotopic (exact) mass is 306 g/mol. The van der Waals surface area contributed by atoms with E-state index in [1.807, 2.05) is 6.92 Å². The Labute approximate surface area is 116 Å². The fourth-order valence-corrected chi connectivity index (χ4v) is 2.88. The summed E-state index contributed by atoms with van der Waals surface area (Å²) in [7, 11) is -4.39. The number of amides is 1. The number of rotatable bonds is 6. The molecule has 0 aliphatic carbocycles. The lowest BCUT2D eigenvalue weighted by Crippen LogP contribution is -2.31. The van der Waals surface area contributed by atoms with E-state index in [1.54, 1.807) is 0 Å². The van der Waals surface area contributed by atoms with Gasteiger partial charge in [0.15, 0.2) is 9.84 Å². The van der Waals surface area contributed by atoms with Gasteiger partial charge in [-0.1, -0.05) is 13.3 Å². The largest absolute Gasteiger partial charge is 0.399 e. The molecule has 1 amide bonds. The maximum atomic E-state index is 13.5. The number of carbonyl (C=O) groups is 1. The predicted octanol–water partition coefficient (Wildman–Crippen LogP) is 1.24. The van der Waals surface area contributed by atoms with Gasteiger partial charge in [0.25, 0.3) is 0 Å². The lowest BCUT2D eigenvalue weighted by atomic mass is 10.3. The standard InChI is InChI=1S/C12H16F2N2O3S/c1-2-3-4-16-11(17)7-20(18,19)12-9(13)5-8(15)6-10(12)14/h5-6H,2-4,7,15H2,1H3,(H,16,17). The Morgan fingerprint density at radius 1 is 1.30 bits per heavy atom. The summed E-state index contributed by atoms with van der Waals surface area (Å²) in [6.45, 7) is 2.22. The Morgan fingerprint density at radius 3 is 2.35 bits per heavy atom. The fourth-order valence-electron chi connectivity index (χ4n) is 1.58. The van der Waals surface area contributed by atoms with E-state index in [1.165, 1.54) is 0 Å². The van der Waals surface area contributed by atoms with Crippen LogP contribution in [-0.2, 0) is 14.6 Å². The van der Waals surface area contributed by atoms with E-state index in [0.717, 1.165) is 6.42 Å². The van der Waals surface area contributed by atoms with Crippen LogP contribution in [-0.4, -0.2) is 26.6 Å². The zero-order chi connectivity index (χ0) is 15.3. The number of nitrogens with two attached hydrogens (primary N) is 1. The molecule has 0 atom stereocenters. The number of carbonyl (C=O) groups excluding carboxylic acids is 1. The summed E-state index contributed by atoms with van der Waals surface area (Å²) in [4.78, 5) is 10.3. The lowest BCUT2D eigenvalue weighted by Gasteiger charge is -2.08. The number of hydrogen-bond acceptors (Lipinski definition) is 4. The highest BCUT2D eigenvalue weighted by molar-refractivity contribution is 7.92. The minimum absolute atomic E-state index is 0.230. The third-order valence-electron chi connectivity index (χ3n) is 2.51. The van der Waals surface area contributed by atoms with E-state index in [9.17, 15) is 22.0 Å². The lowest BCUT2D eigenvalue weighted by molar-refractivity contribution is -0.118. The van der Waals surface area contributed by atoms with E-state index >= 15 is 0 Å². The van der Waals surface area contributed by atoms with Gasteiger partial charge in [-0.15, -0.1) is 0 Å². The molecule has 112 valence electrons. The van der Waals surface area contributed by atoms with Gasteiger partial charge in [-0.2, -0.15) is 0 Å². The van der Waals surface area contributed by atoms with Gasteiger partial charge in [-0.05, 0) is 18.6 Å². The van der Waals surface area contributed by atoms with E-state index in [2.05, 4.69) is 5.32 Å². The van der Waals surface area contributed by atoms with Gasteiger partial charge >= 0.3 is 0 Å². The topological polar surface area (TPSA) is 89.3 Å². The van der Waals surface area contributed by atoms with Crippen LogP contribution in [0.1, 0.15) is 19.8 Å². The Hall–Kier alpha value is -1.70. The minimum atomic E-state index is -4.39. The number of hydrogen-bond donors (Lipinski definition) is 2. The van der Waals surface area contributed by atoms with Gasteiger partial charge in [-0.3, -0.25) is 4.79 Å². The summed E-state index contributed by atoms with van der Waals surface area (Å²) in [6, 6.07) is 1.40. The molecule has 0 aliphatic rings. The van der Waals surface area contributed by atoms with Crippen LogP contribution in [0.4, 0.5) is 14.5 Å². The van der Waals surface area contributed by atoms with Crippen molar-refractivity contribution in [1.82, 2.24) is 5.32 Å². The number of unbranched alkanes of at least 4 members (excludes halogenated alkanes) is 1. The number of benzene rings is 1. The summed E-state index contributed by atoms with van der Waals surface area (Å²) in [5, 5.41) is 2.37. The summed E-state index contributed by atoms with van der Waals surface area (Å²) < 4.78 is 50.8. The van der Waals surface area contributed by atoms with E-state index in [-0.39, 0.29) is 5.69 Å². The van der Waals surface area contributed by atoms with E-state index in [0.29, 0.717) is 25.1 Å². The molecular weight excluding hydrogens is 290 g/mol. The van der Waals surface area contributed by atoms with Crippen LogP contribution in [0.3, 0.4) is 0 Å². The second kappa shape index (κ2) is 6.65. The molecule has 5 nitrogen and oxygen atoms in total. The molecule has 0 heterocycles. The molecule has 0 saturated carbocycles. The van der Waals surface area contributed by atoms with Gasteiger partial charge < -0.3 is 11.1 Å². The highest BCUT2D eigenvalue weighted by atomic mass is 32.2. The maximum absolute atomic E-state index is 13.5. The molecule has 0 bridgehead atoms. The second-order valence-corrected chi connectivity index (χ2v) is 6.20. The van der Waals surface area contributed by atoms with Gasteiger partial charge in [0.1, 0.15) is 22.3 Å². The molecule has 1 aromatic rings. The van der Waals surface area contributed by atoms with Crippen molar-refractivity contribution < 1.29 is 22.0 Å². The first-order valence-electron chi connectivity index (χ1n) is 6.02. The molecule has 0 aromatic heterocycles. The van der Waals surface area contributed by atoms with E-state index in [4.69, 9.17) is 5.73 Å². The number of halogens is 2. The van der Waals surface area contributed by atoms with Gasteiger partial charge in [0.05, 0.1) is 0 Å². The number of nitrogens with one attached hydrogen (secondary N) is 1. The molecule has 0 aliphatic heterocycles. The van der Waals surface area contributed by atoms with Crippen molar-refractivity contribution >= 4 is 21.4 Å². The summed E-state index contributed by atoms with van der Waals surface area (Å²) in [5.41, 5.74) is 4.97.